The Labute approximate surface area is 195 Å². The van der Waals surface area contributed by atoms with Crippen molar-refractivity contribution in [2.75, 3.05) is 24.9 Å². The Morgan fingerprint density at radius 1 is 0.824 bits per heavy atom. The SMILES string of the molecule is COc1ccc(NC(=O)c2ccc(NC(=O)/C=C/c3ccc(OC(F)F)c(OC)c3)cc2)cc1. The fraction of sp³-hybridized carbons (Fsp3) is 0.120. The summed E-state index contributed by atoms with van der Waals surface area (Å²) in [6.45, 7) is -2.97. The number of hydrogen-bond donors (Lipinski definition) is 2. The predicted octanol–water partition coefficient (Wildman–Crippen LogP) is 5.21. The van der Waals surface area contributed by atoms with Crippen LogP contribution in [-0.4, -0.2) is 32.6 Å². The molecule has 34 heavy (non-hydrogen) atoms. The molecule has 0 unspecified atom stereocenters. The zero-order valence-corrected chi connectivity index (χ0v) is 18.4. The standard InChI is InChI=1S/C25H22F2N2O5/c1-32-20-11-9-19(10-12-20)29-24(31)17-5-7-18(8-6-17)28-23(30)14-4-16-3-13-21(34-25(26)27)22(15-16)33-2/h3-15,25H,1-2H3,(H,28,30)(H,29,31)/b14-4+. The smallest absolute Gasteiger partial charge is 0.387 e. The average Bonchev–Trinajstić information content (AvgIpc) is 2.84. The summed E-state index contributed by atoms with van der Waals surface area (Å²) >= 11 is 0. The van der Waals surface area contributed by atoms with Crippen molar-refractivity contribution in [2.24, 2.45) is 0 Å². The number of methoxy groups -OCH3 is 2. The van der Waals surface area contributed by atoms with Crippen LogP contribution in [0.3, 0.4) is 0 Å². The maximum Gasteiger partial charge on any atom is 0.387 e. The van der Waals surface area contributed by atoms with E-state index in [2.05, 4.69) is 15.4 Å². The molecule has 0 heterocycles. The Morgan fingerprint density at radius 2 is 1.47 bits per heavy atom. The number of nitrogens with one attached hydrogen (secondary N) is 2. The van der Waals surface area contributed by atoms with Gasteiger partial charge < -0.3 is 24.8 Å². The van der Waals surface area contributed by atoms with Crippen LogP contribution in [0.4, 0.5) is 20.2 Å². The molecule has 0 aliphatic rings. The largest absolute Gasteiger partial charge is 0.497 e. The molecule has 3 aromatic rings. The van der Waals surface area contributed by atoms with Gasteiger partial charge in [0.15, 0.2) is 11.5 Å². The molecule has 9 heteroatoms. The molecule has 7 nitrogen and oxygen atoms in total. The highest BCUT2D eigenvalue weighted by molar-refractivity contribution is 6.05. The lowest BCUT2D eigenvalue weighted by molar-refractivity contribution is -0.111. The molecule has 0 spiro atoms. The van der Waals surface area contributed by atoms with E-state index in [0.717, 1.165) is 0 Å². The number of carbonyl (C=O) groups is 2. The molecular formula is C25H22F2N2O5. The van der Waals surface area contributed by atoms with Crippen molar-refractivity contribution in [2.45, 2.75) is 6.61 Å². The summed E-state index contributed by atoms with van der Waals surface area (Å²) in [5.41, 5.74) is 2.09. The topological polar surface area (TPSA) is 85.9 Å². The van der Waals surface area contributed by atoms with Crippen LogP contribution in [0.2, 0.25) is 0 Å². The minimum absolute atomic E-state index is 0.102. The Balaban J connectivity index is 1.57. The fourth-order valence-electron chi connectivity index (χ4n) is 2.92. The molecule has 176 valence electrons. The Hall–Kier alpha value is -4.40. The van der Waals surface area contributed by atoms with Gasteiger partial charge in [-0.3, -0.25) is 9.59 Å². The molecule has 0 saturated carbocycles. The van der Waals surface area contributed by atoms with Crippen LogP contribution in [0.1, 0.15) is 15.9 Å². The third kappa shape index (κ3) is 6.80. The van der Waals surface area contributed by atoms with Crippen molar-refractivity contribution >= 4 is 29.3 Å². The first-order valence-electron chi connectivity index (χ1n) is 10.1. The van der Waals surface area contributed by atoms with E-state index >= 15 is 0 Å². The molecule has 0 aromatic heterocycles. The normalized spacial score (nSPS) is 10.7. The third-order valence-electron chi connectivity index (χ3n) is 4.59. The molecule has 0 bridgehead atoms. The van der Waals surface area contributed by atoms with Gasteiger partial charge in [0.25, 0.3) is 5.91 Å². The van der Waals surface area contributed by atoms with E-state index in [4.69, 9.17) is 9.47 Å². The summed E-state index contributed by atoms with van der Waals surface area (Å²) in [5.74, 6) is -0.0101. The van der Waals surface area contributed by atoms with Gasteiger partial charge in [-0.05, 0) is 72.3 Å². The van der Waals surface area contributed by atoms with Crippen molar-refractivity contribution in [3.63, 3.8) is 0 Å². The van der Waals surface area contributed by atoms with E-state index < -0.39 is 12.5 Å². The summed E-state index contributed by atoms with van der Waals surface area (Å²) in [6, 6.07) is 17.6. The zero-order chi connectivity index (χ0) is 24.5. The van der Waals surface area contributed by atoms with Gasteiger partial charge in [-0.1, -0.05) is 6.07 Å². The van der Waals surface area contributed by atoms with E-state index in [1.54, 1.807) is 55.6 Å². The van der Waals surface area contributed by atoms with Crippen LogP contribution in [0, 0.1) is 0 Å². The molecule has 3 aromatic carbocycles. The lowest BCUT2D eigenvalue weighted by atomic mass is 10.1. The van der Waals surface area contributed by atoms with E-state index in [-0.39, 0.29) is 17.4 Å². The van der Waals surface area contributed by atoms with Crippen LogP contribution >= 0.6 is 0 Å². The highest BCUT2D eigenvalue weighted by atomic mass is 19.3. The molecule has 0 radical (unpaired) electrons. The molecular weight excluding hydrogens is 446 g/mol. The van der Waals surface area contributed by atoms with Crippen LogP contribution in [-0.2, 0) is 4.79 Å². The Kier molecular flexibility index (Phi) is 8.17. The first kappa shape index (κ1) is 24.2. The van der Waals surface area contributed by atoms with E-state index in [1.807, 2.05) is 0 Å². The summed E-state index contributed by atoms with van der Waals surface area (Å²) in [5, 5.41) is 5.46. The molecule has 2 amide bonds. The van der Waals surface area contributed by atoms with E-state index in [0.29, 0.717) is 28.3 Å². The monoisotopic (exact) mass is 468 g/mol. The first-order chi connectivity index (χ1) is 16.4. The van der Waals surface area contributed by atoms with Gasteiger partial charge in [0, 0.05) is 23.0 Å². The third-order valence-corrected chi connectivity index (χ3v) is 4.59. The van der Waals surface area contributed by atoms with Crippen molar-refractivity contribution in [3.05, 3.63) is 83.9 Å². The first-order valence-corrected chi connectivity index (χ1v) is 10.1. The maximum absolute atomic E-state index is 12.4. The number of halogens is 2. The van der Waals surface area contributed by atoms with Crippen molar-refractivity contribution in [3.8, 4) is 17.2 Å². The second kappa shape index (κ2) is 11.5. The van der Waals surface area contributed by atoms with Gasteiger partial charge in [0.05, 0.1) is 14.2 Å². The van der Waals surface area contributed by atoms with Gasteiger partial charge >= 0.3 is 6.61 Å². The quantitative estimate of drug-likeness (QED) is 0.421. The average molecular weight is 468 g/mol. The van der Waals surface area contributed by atoms with Crippen molar-refractivity contribution in [1.29, 1.82) is 0 Å². The van der Waals surface area contributed by atoms with Crippen molar-refractivity contribution < 1.29 is 32.6 Å². The maximum atomic E-state index is 12.4. The Bertz CT molecular complexity index is 1160. The van der Waals surface area contributed by atoms with Crippen LogP contribution < -0.4 is 24.8 Å². The summed E-state index contributed by atoms with van der Waals surface area (Å²) < 4.78 is 39.3. The molecule has 0 atom stereocenters. The van der Waals surface area contributed by atoms with E-state index in [9.17, 15) is 18.4 Å². The second-order valence-corrected chi connectivity index (χ2v) is 6.87. The van der Waals surface area contributed by atoms with Gasteiger partial charge in [-0.25, -0.2) is 0 Å². The number of carbonyl (C=O) groups excluding carboxylic acids is 2. The highest BCUT2D eigenvalue weighted by Gasteiger charge is 2.11. The van der Waals surface area contributed by atoms with Crippen LogP contribution in [0.15, 0.2) is 72.8 Å². The zero-order valence-electron chi connectivity index (χ0n) is 18.4. The molecule has 3 rings (SSSR count). The summed E-state index contributed by atoms with van der Waals surface area (Å²) in [6.07, 6.45) is 2.79. The predicted molar refractivity (Wildman–Crippen MR) is 125 cm³/mol. The number of ether oxygens (including phenoxy) is 3. The minimum atomic E-state index is -2.97. The van der Waals surface area contributed by atoms with Gasteiger partial charge in [0.2, 0.25) is 5.91 Å². The van der Waals surface area contributed by atoms with Crippen molar-refractivity contribution in [1.82, 2.24) is 0 Å². The summed E-state index contributed by atoms with van der Waals surface area (Å²) in [4.78, 5) is 24.6. The molecule has 0 saturated heterocycles. The molecule has 0 aliphatic heterocycles. The van der Waals surface area contributed by atoms with Gasteiger partial charge in [-0.2, -0.15) is 8.78 Å². The van der Waals surface area contributed by atoms with Crippen LogP contribution in [0.5, 0.6) is 17.2 Å². The second-order valence-electron chi connectivity index (χ2n) is 6.87. The molecule has 0 fully saturated rings. The number of rotatable bonds is 9. The highest BCUT2D eigenvalue weighted by Crippen LogP contribution is 2.29. The Morgan fingerprint density at radius 3 is 2.09 bits per heavy atom. The molecule has 0 aliphatic carbocycles. The van der Waals surface area contributed by atoms with Gasteiger partial charge in [0.1, 0.15) is 5.75 Å². The minimum Gasteiger partial charge on any atom is -0.497 e. The lowest BCUT2D eigenvalue weighted by Crippen LogP contribution is -2.12. The van der Waals surface area contributed by atoms with Gasteiger partial charge in [-0.15, -0.1) is 0 Å². The number of anilines is 2. The number of benzene rings is 3. The fourth-order valence-corrected chi connectivity index (χ4v) is 2.92. The van der Waals surface area contributed by atoms with Crippen LogP contribution in [0.25, 0.3) is 6.08 Å². The van der Waals surface area contributed by atoms with E-state index in [1.165, 1.54) is 37.5 Å². The lowest BCUT2D eigenvalue weighted by Gasteiger charge is -2.10. The summed E-state index contributed by atoms with van der Waals surface area (Å²) in [7, 11) is 2.89. The number of alkyl halides is 2. The number of hydrogen-bond acceptors (Lipinski definition) is 5. The molecule has 2 N–H and O–H groups in total. The number of amides is 2.